The van der Waals surface area contributed by atoms with Crippen molar-refractivity contribution in [2.45, 2.75) is 32.3 Å². The van der Waals surface area contributed by atoms with E-state index in [2.05, 4.69) is 57.1 Å². The van der Waals surface area contributed by atoms with Crippen molar-refractivity contribution in [1.29, 1.82) is 5.26 Å². The Balaban J connectivity index is 1.40. The van der Waals surface area contributed by atoms with Crippen molar-refractivity contribution in [1.82, 2.24) is 19.6 Å². The van der Waals surface area contributed by atoms with Gasteiger partial charge in [0.15, 0.2) is 6.23 Å². The van der Waals surface area contributed by atoms with Gasteiger partial charge in [0.2, 0.25) is 0 Å². The molecule has 0 amide bonds. The van der Waals surface area contributed by atoms with Gasteiger partial charge in [0.1, 0.15) is 31.4 Å². The maximum Gasteiger partial charge on any atom is 0.175 e. The number of hydrogen-bond donors (Lipinski definition) is 0. The molecular formula is C26H24N6OSi. The molecule has 8 heteroatoms. The van der Waals surface area contributed by atoms with Gasteiger partial charge in [0.05, 0.1) is 17.3 Å². The van der Waals surface area contributed by atoms with E-state index < -0.39 is 8.07 Å². The Morgan fingerprint density at radius 3 is 2.76 bits per heavy atom. The van der Waals surface area contributed by atoms with E-state index in [0.29, 0.717) is 5.56 Å². The Kier molecular flexibility index (Phi) is 5.52. The Bertz CT molecular complexity index is 1470. The van der Waals surface area contributed by atoms with E-state index in [0.717, 1.165) is 46.9 Å². The summed E-state index contributed by atoms with van der Waals surface area (Å²) < 4.78 is 8.04. The fourth-order valence-electron chi connectivity index (χ4n) is 3.77. The Morgan fingerprint density at radius 1 is 1.12 bits per heavy atom. The number of hydrogen-bond acceptors (Lipinski definition) is 6. The monoisotopic (exact) mass is 464 g/mol. The second kappa shape index (κ2) is 8.66. The molecule has 1 aliphatic rings. The maximum absolute atomic E-state index is 9.26. The van der Waals surface area contributed by atoms with Crippen LogP contribution in [0.2, 0.25) is 19.6 Å². The molecule has 168 valence electrons. The Morgan fingerprint density at radius 2 is 2.00 bits per heavy atom. The average Bonchev–Trinajstić information content (AvgIpc) is 3.23. The van der Waals surface area contributed by atoms with Crippen LogP contribution < -0.4 is 9.64 Å². The third-order valence-corrected chi connectivity index (χ3v) is 6.42. The minimum absolute atomic E-state index is 0.118. The summed E-state index contributed by atoms with van der Waals surface area (Å²) in [6.07, 6.45) is 7.84. The molecule has 0 N–H and O–H groups in total. The third kappa shape index (κ3) is 4.36. The van der Waals surface area contributed by atoms with Crippen molar-refractivity contribution >= 4 is 19.4 Å². The number of nitriles is 1. The van der Waals surface area contributed by atoms with Crippen molar-refractivity contribution in [2.75, 3.05) is 11.4 Å². The topological polar surface area (TPSA) is 79.3 Å². The summed E-state index contributed by atoms with van der Waals surface area (Å²) in [5.74, 6) is 4.81. The van der Waals surface area contributed by atoms with Crippen molar-refractivity contribution in [3.8, 4) is 34.4 Å². The van der Waals surface area contributed by atoms with Gasteiger partial charge in [-0.15, -0.1) is 5.54 Å². The highest BCUT2D eigenvalue weighted by atomic mass is 28.3. The fourth-order valence-corrected chi connectivity index (χ4v) is 4.27. The predicted octanol–water partition coefficient (Wildman–Crippen LogP) is 4.51. The molecule has 0 radical (unpaired) electrons. The first-order valence-electron chi connectivity index (χ1n) is 11.2. The number of nitrogens with zero attached hydrogens (tertiary/aromatic N) is 6. The van der Waals surface area contributed by atoms with E-state index in [1.54, 1.807) is 23.1 Å². The van der Waals surface area contributed by atoms with Gasteiger partial charge in [-0.05, 0) is 24.3 Å². The minimum atomic E-state index is -1.48. The molecule has 1 saturated heterocycles. The van der Waals surface area contributed by atoms with Gasteiger partial charge in [-0.3, -0.25) is 0 Å². The van der Waals surface area contributed by atoms with Crippen LogP contribution in [-0.4, -0.2) is 40.4 Å². The smallest absolute Gasteiger partial charge is 0.175 e. The molecule has 0 aromatic carbocycles. The van der Waals surface area contributed by atoms with Crippen molar-refractivity contribution in [3.63, 3.8) is 0 Å². The molecule has 1 atom stereocenters. The lowest BCUT2D eigenvalue weighted by atomic mass is 10.1. The first kappa shape index (κ1) is 21.7. The molecule has 0 spiro atoms. The maximum atomic E-state index is 9.26. The fraction of sp³-hybridized carbons (Fsp3) is 0.231. The quantitative estimate of drug-likeness (QED) is 0.327. The molecule has 4 aromatic rings. The molecule has 34 heavy (non-hydrogen) atoms. The number of anilines is 1. The summed E-state index contributed by atoms with van der Waals surface area (Å²) in [6.45, 7) is 7.49. The average molecular weight is 465 g/mol. The van der Waals surface area contributed by atoms with Gasteiger partial charge in [-0.2, -0.15) is 10.4 Å². The molecule has 1 unspecified atom stereocenters. The zero-order chi connectivity index (χ0) is 23.7. The molecule has 0 bridgehead atoms. The first-order chi connectivity index (χ1) is 16.4. The highest BCUT2D eigenvalue weighted by Gasteiger charge is 2.33. The molecular weight excluding hydrogens is 440 g/mol. The third-order valence-electron chi connectivity index (χ3n) is 5.54. The van der Waals surface area contributed by atoms with Crippen LogP contribution in [0.4, 0.5) is 5.82 Å². The summed E-state index contributed by atoms with van der Waals surface area (Å²) in [6, 6.07) is 13.8. The van der Waals surface area contributed by atoms with Gasteiger partial charge in [-0.25, -0.2) is 14.5 Å². The normalized spacial score (nSPS) is 15.2. The van der Waals surface area contributed by atoms with Gasteiger partial charge < -0.3 is 9.64 Å². The van der Waals surface area contributed by atoms with Crippen LogP contribution in [0, 0.1) is 22.8 Å². The van der Waals surface area contributed by atoms with Crippen LogP contribution in [0.25, 0.3) is 16.6 Å². The van der Waals surface area contributed by atoms with Crippen LogP contribution in [0.3, 0.4) is 0 Å². The van der Waals surface area contributed by atoms with Crippen molar-refractivity contribution in [2.24, 2.45) is 0 Å². The number of rotatable bonds is 4. The largest absolute Gasteiger partial charge is 0.470 e. The van der Waals surface area contributed by atoms with Crippen molar-refractivity contribution in [3.05, 3.63) is 72.4 Å². The number of aromatic nitrogens is 4. The SMILES string of the molecule is C[Si](C)(C)C#Cc1cc(OC2CCN2c2ncccc2-c2ccc3c(C#N)cnn3c2)ccn1. The zero-order valence-electron chi connectivity index (χ0n) is 19.4. The summed E-state index contributed by atoms with van der Waals surface area (Å²) in [5, 5.41) is 13.6. The van der Waals surface area contributed by atoms with Gasteiger partial charge in [0, 0.05) is 48.7 Å². The lowest BCUT2D eigenvalue weighted by Gasteiger charge is -2.42. The lowest BCUT2D eigenvalue weighted by molar-refractivity contribution is 0.138. The van der Waals surface area contributed by atoms with E-state index in [-0.39, 0.29) is 6.23 Å². The van der Waals surface area contributed by atoms with Gasteiger partial charge in [-0.1, -0.05) is 31.6 Å². The zero-order valence-corrected chi connectivity index (χ0v) is 20.4. The van der Waals surface area contributed by atoms with E-state index in [4.69, 9.17) is 4.74 Å². The molecule has 7 nitrogen and oxygen atoms in total. The number of pyridine rings is 3. The van der Waals surface area contributed by atoms with Gasteiger partial charge >= 0.3 is 0 Å². The molecule has 5 heterocycles. The van der Waals surface area contributed by atoms with E-state index in [9.17, 15) is 5.26 Å². The molecule has 0 aliphatic carbocycles. The minimum Gasteiger partial charge on any atom is -0.470 e. The van der Waals surface area contributed by atoms with Crippen LogP contribution in [0.1, 0.15) is 17.7 Å². The number of fused-ring (bicyclic) bond motifs is 1. The number of ether oxygens (including phenoxy) is 1. The van der Waals surface area contributed by atoms with E-state index >= 15 is 0 Å². The first-order valence-corrected chi connectivity index (χ1v) is 14.7. The van der Waals surface area contributed by atoms with Crippen LogP contribution in [0.15, 0.2) is 61.2 Å². The summed E-state index contributed by atoms with van der Waals surface area (Å²) >= 11 is 0. The van der Waals surface area contributed by atoms with Crippen LogP contribution in [-0.2, 0) is 0 Å². The highest BCUT2D eigenvalue weighted by molar-refractivity contribution is 6.83. The van der Waals surface area contributed by atoms with Crippen LogP contribution >= 0.6 is 0 Å². The van der Waals surface area contributed by atoms with E-state index in [1.165, 1.54) is 0 Å². The van der Waals surface area contributed by atoms with Crippen LogP contribution in [0.5, 0.6) is 5.75 Å². The van der Waals surface area contributed by atoms with E-state index in [1.807, 2.05) is 42.6 Å². The molecule has 1 fully saturated rings. The second-order valence-electron chi connectivity index (χ2n) is 9.22. The highest BCUT2D eigenvalue weighted by Crippen LogP contribution is 2.35. The second-order valence-corrected chi connectivity index (χ2v) is 14.0. The summed E-state index contributed by atoms with van der Waals surface area (Å²) in [7, 11) is -1.48. The predicted molar refractivity (Wildman–Crippen MR) is 134 cm³/mol. The Hall–Kier alpha value is -4.14. The molecule has 4 aromatic heterocycles. The van der Waals surface area contributed by atoms with Gasteiger partial charge in [0.25, 0.3) is 0 Å². The molecule has 5 rings (SSSR count). The lowest BCUT2D eigenvalue weighted by Crippen LogP contribution is -2.52. The Labute approximate surface area is 199 Å². The molecule has 1 aliphatic heterocycles. The van der Waals surface area contributed by atoms with Crippen molar-refractivity contribution < 1.29 is 4.74 Å². The summed E-state index contributed by atoms with van der Waals surface area (Å²) in [5.41, 5.74) is 7.38. The molecule has 0 saturated carbocycles. The standard InChI is InChI=1S/C26H24N6OSi/c1-34(2,3)14-10-21-15-22(8-12-28-21)33-25-9-13-31(25)26-23(5-4-11-29-26)19-6-7-24-20(16-27)17-30-32(24)18-19/h4-8,11-12,15,17-18,25H,9,13H2,1-3H3. The summed E-state index contributed by atoms with van der Waals surface area (Å²) in [4.78, 5) is 11.2.